The van der Waals surface area contributed by atoms with Gasteiger partial charge in [0, 0.05) is 44.0 Å². The molecule has 0 aliphatic rings. The van der Waals surface area contributed by atoms with Crippen LogP contribution < -0.4 is 4.90 Å². The summed E-state index contributed by atoms with van der Waals surface area (Å²) in [6.07, 6.45) is 0. The second-order valence-corrected chi connectivity index (χ2v) is 15.3. The minimum Gasteiger partial charge on any atom is -0.456 e. The van der Waals surface area contributed by atoms with E-state index in [4.69, 9.17) is 4.42 Å². The number of para-hydroxylation sites is 3. The molecule has 0 radical (unpaired) electrons. The number of hydrogen-bond acceptors (Lipinski definition) is 2. The smallest absolute Gasteiger partial charge is 0.136 e. The Morgan fingerprint density at radius 1 is 0.356 bits per heavy atom. The Labute approximate surface area is 341 Å². The van der Waals surface area contributed by atoms with Gasteiger partial charge >= 0.3 is 0 Å². The van der Waals surface area contributed by atoms with E-state index in [1.807, 2.05) is 12.1 Å². The largest absolute Gasteiger partial charge is 0.456 e. The van der Waals surface area contributed by atoms with Crippen molar-refractivity contribution in [1.29, 1.82) is 0 Å². The Balaban J connectivity index is 0.991. The second kappa shape index (κ2) is 13.4. The zero-order valence-corrected chi connectivity index (χ0v) is 32.1. The van der Waals surface area contributed by atoms with Crippen molar-refractivity contribution >= 4 is 82.4 Å². The number of benzene rings is 10. The lowest BCUT2D eigenvalue weighted by molar-refractivity contribution is 0.669. The molecule has 2 aromatic heterocycles. The van der Waals surface area contributed by atoms with Crippen molar-refractivity contribution in [2.45, 2.75) is 0 Å². The van der Waals surface area contributed by atoms with Gasteiger partial charge in [-0.1, -0.05) is 158 Å². The van der Waals surface area contributed by atoms with Crippen LogP contribution in [0.4, 0.5) is 17.1 Å². The molecular formula is C56H36N2O. The summed E-state index contributed by atoms with van der Waals surface area (Å²) in [5, 5.41) is 9.70. The molecule has 0 saturated heterocycles. The molecule has 3 heteroatoms. The highest BCUT2D eigenvalue weighted by molar-refractivity contribution is 6.15. The molecule has 0 unspecified atom stereocenters. The predicted molar refractivity (Wildman–Crippen MR) is 249 cm³/mol. The standard InChI is InChI=1S/C56H36N2O/c1-2-16-44-40(13-1)35-53(47-18-4-3-17-46(44)47)57(42-14-11-15-43(36-42)58-51-23-8-5-19-48(51)49-20-6-9-24-52(49)58)41-33-31-38(32-34-41)37-27-29-39(30-28-37)45-22-12-26-55-56(45)50-21-7-10-25-54(50)59-55/h1-36H. The quantitative estimate of drug-likeness (QED) is 0.158. The molecule has 3 nitrogen and oxygen atoms in total. The van der Waals surface area contributed by atoms with Gasteiger partial charge in [0.1, 0.15) is 11.2 Å². The Hall–Kier alpha value is -7.88. The van der Waals surface area contributed by atoms with E-state index in [2.05, 4.69) is 216 Å². The van der Waals surface area contributed by atoms with Crippen molar-refractivity contribution in [2.75, 3.05) is 4.90 Å². The molecule has 59 heavy (non-hydrogen) atoms. The van der Waals surface area contributed by atoms with E-state index in [9.17, 15) is 0 Å². The maximum Gasteiger partial charge on any atom is 0.136 e. The summed E-state index contributed by atoms with van der Waals surface area (Å²) in [6, 6.07) is 78.8. The monoisotopic (exact) mass is 752 g/mol. The Morgan fingerprint density at radius 3 is 1.66 bits per heavy atom. The molecule has 12 aromatic rings. The minimum atomic E-state index is 0.910. The van der Waals surface area contributed by atoms with Crippen molar-refractivity contribution < 1.29 is 4.42 Å². The first-order valence-electron chi connectivity index (χ1n) is 20.2. The van der Waals surface area contributed by atoms with Crippen LogP contribution in [-0.4, -0.2) is 4.57 Å². The summed E-state index contributed by atoms with van der Waals surface area (Å²) in [5.41, 5.74) is 13.3. The normalized spacial score (nSPS) is 11.7. The van der Waals surface area contributed by atoms with E-state index in [0.29, 0.717) is 0 Å². The van der Waals surface area contributed by atoms with E-state index < -0.39 is 0 Å². The second-order valence-electron chi connectivity index (χ2n) is 15.3. The molecule has 276 valence electrons. The molecule has 12 rings (SSSR count). The highest BCUT2D eigenvalue weighted by atomic mass is 16.3. The Morgan fingerprint density at radius 2 is 0.915 bits per heavy atom. The topological polar surface area (TPSA) is 21.3 Å². The average molecular weight is 753 g/mol. The first kappa shape index (κ1) is 33.3. The number of nitrogens with zero attached hydrogens (tertiary/aromatic N) is 2. The van der Waals surface area contributed by atoms with Crippen LogP contribution in [0, 0.1) is 0 Å². The fourth-order valence-electron chi connectivity index (χ4n) is 9.28. The molecule has 0 saturated carbocycles. The zero-order valence-electron chi connectivity index (χ0n) is 32.1. The summed E-state index contributed by atoms with van der Waals surface area (Å²) in [4.78, 5) is 2.43. The van der Waals surface area contributed by atoms with E-state index >= 15 is 0 Å². The number of hydrogen-bond donors (Lipinski definition) is 0. The van der Waals surface area contributed by atoms with Gasteiger partial charge < -0.3 is 13.9 Å². The highest BCUT2D eigenvalue weighted by Gasteiger charge is 2.20. The Kier molecular flexibility index (Phi) is 7.54. The summed E-state index contributed by atoms with van der Waals surface area (Å²) < 4.78 is 8.60. The molecule has 0 N–H and O–H groups in total. The van der Waals surface area contributed by atoms with Crippen LogP contribution in [0.15, 0.2) is 223 Å². The van der Waals surface area contributed by atoms with Crippen LogP contribution in [0.1, 0.15) is 0 Å². The van der Waals surface area contributed by atoms with Crippen molar-refractivity contribution in [2.24, 2.45) is 0 Å². The molecule has 0 bridgehead atoms. The van der Waals surface area contributed by atoms with Crippen LogP contribution in [0.5, 0.6) is 0 Å². The number of rotatable bonds is 6. The highest BCUT2D eigenvalue weighted by Crippen LogP contribution is 2.44. The lowest BCUT2D eigenvalue weighted by Crippen LogP contribution is -2.11. The number of aromatic nitrogens is 1. The van der Waals surface area contributed by atoms with Gasteiger partial charge in [0.25, 0.3) is 0 Å². The van der Waals surface area contributed by atoms with Crippen molar-refractivity contribution in [3.8, 4) is 27.9 Å². The SMILES string of the molecule is c1cc(N(c2ccc(-c3ccc(-c4cccc5oc6ccccc6c45)cc3)cc2)c2cc3ccccc3c3ccccc23)cc(-n2c3ccccc3c3ccccc32)c1. The third kappa shape index (κ3) is 5.36. The predicted octanol–water partition coefficient (Wildman–Crippen LogP) is 15.8. The van der Waals surface area contributed by atoms with E-state index in [-0.39, 0.29) is 0 Å². The van der Waals surface area contributed by atoms with E-state index in [0.717, 1.165) is 50.3 Å². The summed E-state index contributed by atoms with van der Waals surface area (Å²) >= 11 is 0. The summed E-state index contributed by atoms with van der Waals surface area (Å²) in [6.45, 7) is 0. The van der Waals surface area contributed by atoms with Crippen LogP contribution in [0.3, 0.4) is 0 Å². The summed E-state index contributed by atoms with van der Waals surface area (Å²) in [5.74, 6) is 0. The fraction of sp³-hybridized carbons (Fsp3) is 0. The first-order valence-corrected chi connectivity index (χ1v) is 20.2. The van der Waals surface area contributed by atoms with Gasteiger partial charge in [0.15, 0.2) is 0 Å². The third-order valence-corrected chi connectivity index (χ3v) is 12.0. The van der Waals surface area contributed by atoms with Crippen LogP contribution in [-0.2, 0) is 0 Å². The van der Waals surface area contributed by atoms with Gasteiger partial charge in [0.05, 0.1) is 16.7 Å². The van der Waals surface area contributed by atoms with Gasteiger partial charge in [-0.2, -0.15) is 0 Å². The van der Waals surface area contributed by atoms with E-state index in [1.54, 1.807) is 0 Å². The van der Waals surface area contributed by atoms with Gasteiger partial charge in [0.2, 0.25) is 0 Å². The maximum absolute atomic E-state index is 6.20. The number of fused-ring (bicyclic) bond motifs is 9. The number of anilines is 3. The first-order chi connectivity index (χ1) is 29.3. The molecule has 0 aliphatic carbocycles. The molecular weight excluding hydrogens is 717 g/mol. The molecule has 0 amide bonds. The maximum atomic E-state index is 6.20. The molecule has 2 heterocycles. The van der Waals surface area contributed by atoms with Crippen molar-refractivity contribution in [3.63, 3.8) is 0 Å². The third-order valence-electron chi connectivity index (χ3n) is 12.0. The van der Waals surface area contributed by atoms with Gasteiger partial charge in [-0.15, -0.1) is 0 Å². The molecule has 0 spiro atoms. The van der Waals surface area contributed by atoms with E-state index in [1.165, 1.54) is 60.0 Å². The van der Waals surface area contributed by atoms with Crippen LogP contribution in [0.2, 0.25) is 0 Å². The summed E-state index contributed by atoms with van der Waals surface area (Å²) in [7, 11) is 0. The average Bonchev–Trinajstić information content (AvgIpc) is 3.86. The lowest BCUT2D eigenvalue weighted by atomic mass is 9.96. The van der Waals surface area contributed by atoms with Gasteiger partial charge in [-0.3, -0.25) is 0 Å². The molecule has 10 aromatic carbocycles. The fourth-order valence-corrected chi connectivity index (χ4v) is 9.28. The van der Waals surface area contributed by atoms with Crippen LogP contribution >= 0.6 is 0 Å². The van der Waals surface area contributed by atoms with Gasteiger partial charge in [-0.25, -0.2) is 0 Å². The van der Waals surface area contributed by atoms with Gasteiger partial charge in [-0.05, 0) is 99.1 Å². The number of furan rings is 1. The molecule has 0 fully saturated rings. The lowest BCUT2D eigenvalue weighted by Gasteiger charge is -2.28. The Bertz CT molecular complexity index is 3500. The molecule has 0 atom stereocenters. The van der Waals surface area contributed by atoms with Crippen molar-refractivity contribution in [1.82, 2.24) is 4.57 Å². The van der Waals surface area contributed by atoms with Crippen molar-refractivity contribution in [3.05, 3.63) is 218 Å². The zero-order chi connectivity index (χ0) is 38.9. The minimum absolute atomic E-state index is 0.910. The molecule has 0 aliphatic heterocycles. The van der Waals surface area contributed by atoms with Crippen LogP contribution in [0.25, 0.3) is 93.2 Å².